The van der Waals surface area contributed by atoms with E-state index in [0.29, 0.717) is 12.8 Å². The van der Waals surface area contributed by atoms with E-state index in [1.54, 1.807) is 0 Å². The number of rotatable bonds is 0. The monoisotopic (exact) mass is 283 g/mol. The lowest BCUT2D eigenvalue weighted by Crippen LogP contribution is -2.68. The van der Waals surface area contributed by atoms with Gasteiger partial charge in [-0.1, -0.05) is 20.8 Å². The van der Waals surface area contributed by atoms with Gasteiger partial charge in [-0.15, -0.1) is 0 Å². The van der Waals surface area contributed by atoms with Crippen LogP contribution in [0, 0.1) is 10.6 Å². The predicted molar refractivity (Wildman–Crippen MR) is 77.8 cm³/mol. The number of piperidine rings is 1. The largest absolute Gasteiger partial charge is 0.784 e. The molecule has 116 valence electrons. The lowest BCUT2D eigenvalue weighted by molar-refractivity contribution is -0.152. The summed E-state index contributed by atoms with van der Waals surface area (Å²) < 4.78 is 5.57. The average molecular weight is 283 g/mol. The summed E-state index contributed by atoms with van der Waals surface area (Å²) in [6.45, 7) is 13.7. The third-order valence-electron chi connectivity index (χ3n) is 4.38. The van der Waals surface area contributed by atoms with E-state index in [-0.39, 0.29) is 17.6 Å². The first-order valence-electron chi connectivity index (χ1n) is 7.27. The molecule has 1 unspecified atom stereocenters. The summed E-state index contributed by atoms with van der Waals surface area (Å²) in [5.74, 6) is -0.216. The molecule has 2 heterocycles. The van der Waals surface area contributed by atoms with Gasteiger partial charge in [0.05, 0.1) is 0 Å². The van der Waals surface area contributed by atoms with Crippen LogP contribution >= 0.6 is 0 Å². The van der Waals surface area contributed by atoms with Gasteiger partial charge in [0.25, 0.3) is 0 Å². The molecule has 1 atom stereocenters. The maximum Gasteiger partial charge on any atom is 0.328 e. The molecule has 0 saturated carbocycles. The Balaban J connectivity index is 2.35. The molecule has 2 saturated heterocycles. The number of nitrogens with zero attached hydrogens (tertiary/aromatic N) is 1. The van der Waals surface area contributed by atoms with E-state index in [4.69, 9.17) is 4.74 Å². The van der Waals surface area contributed by atoms with Crippen molar-refractivity contribution in [2.24, 2.45) is 5.41 Å². The summed E-state index contributed by atoms with van der Waals surface area (Å²) in [7, 11) is 0. The van der Waals surface area contributed by atoms with Crippen LogP contribution in [0.4, 0.5) is 0 Å². The fourth-order valence-electron chi connectivity index (χ4n) is 3.70. The van der Waals surface area contributed by atoms with Crippen LogP contribution in [0.15, 0.2) is 0 Å². The van der Waals surface area contributed by atoms with Gasteiger partial charge in [-0.3, -0.25) is 5.32 Å². The normalized spacial score (nSPS) is 32.4. The van der Waals surface area contributed by atoms with Gasteiger partial charge >= 0.3 is 5.97 Å². The van der Waals surface area contributed by atoms with Gasteiger partial charge in [-0.25, -0.2) is 4.79 Å². The van der Waals surface area contributed by atoms with Crippen LogP contribution in [0.25, 0.3) is 0 Å². The molecule has 1 spiro atoms. The zero-order valence-corrected chi connectivity index (χ0v) is 13.7. The number of esters is 1. The van der Waals surface area contributed by atoms with Gasteiger partial charge in [0.1, 0.15) is 5.54 Å². The molecule has 0 aliphatic carbocycles. The van der Waals surface area contributed by atoms with E-state index in [1.165, 1.54) is 0 Å². The maximum atomic E-state index is 12.5. The van der Waals surface area contributed by atoms with Crippen molar-refractivity contribution in [3.8, 4) is 0 Å². The van der Waals surface area contributed by atoms with Gasteiger partial charge < -0.3 is 15.0 Å². The Morgan fingerprint density at radius 2 is 1.65 bits per heavy atom. The minimum absolute atomic E-state index is 0.165. The van der Waals surface area contributed by atoms with E-state index in [1.807, 2.05) is 48.5 Å². The van der Waals surface area contributed by atoms with E-state index >= 15 is 0 Å². The third kappa shape index (κ3) is 2.36. The Morgan fingerprint density at radius 3 is 2.00 bits per heavy atom. The number of ether oxygens (including phenoxy) is 1. The van der Waals surface area contributed by atoms with E-state index in [2.05, 4.69) is 5.32 Å². The summed E-state index contributed by atoms with van der Waals surface area (Å²) >= 11 is 0. The van der Waals surface area contributed by atoms with Crippen molar-refractivity contribution in [3.63, 3.8) is 0 Å². The Labute approximate surface area is 121 Å². The second-order valence-corrected chi connectivity index (χ2v) is 8.65. The number of cyclic esters (lactones) is 1. The van der Waals surface area contributed by atoms with Crippen LogP contribution in [-0.2, 0) is 9.53 Å². The summed E-state index contributed by atoms with van der Waals surface area (Å²) in [6, 6.07) is 0. The molecule has 0 aromatic heterocycles. The quantitative estimate of drug-likeness (QED) is 0.692. The second kappa shape index (κ2) is 4.18. The SMILES string of the molecule is CC(C)(C)C1NC2(CC(C)(C)N([O-])C(C)(C)C2)C(=O)O1. The minimum atomic E-state index is -0.744. The van der Waals surface area contributed by atoms with Gasteiger partial charge in [-0.05, 0) is 40.5 Å². The van der Waals surface area contributed by atoms with Gasteiger partial charge in [0.15, 0.2) is 6.23 Å². The Bertz CT molecular complexity index is 405. The number of nitrogens with one attached hydrogen (secondary N) is 1. The first-order chi connectivity index (χ1) is 8.80. The second-order valence-electron chi connectivity index (χ2n) is 8.65. The van der Waals surface area contributed by atoms with Crippen molar-refractivity contribution >= 4 is 5.97 Å². The molecule has 20 heavy (non-hydrogen) atoms. The number of carbonyl (C=O) groups is 1. The molecule has 1 N–H and O–H groups in total. The predicted octanol–water partition coefficient (Wildman–Crippen LogP) is 2.39. The fourth-order valence-corrected chi connectivity index (χ4v) is 3.70. The van der Waals surface area contributed by atoms with Crippen molar-refractivity contribution in [2.75, 3.05) is 0 Å². The van der Waals surface area contributed by atoms with Crippen LogP contribution in [0.3, 0.4) is 0 Å². The number of hydrogen-bond donors (Lipinski definition) is 1. The number of hydroxylamine groups is 2. The topological polar surface area (TPSA) is 64.6 Å². The van der Waals surface area contributed by atoms with Crippen molar-refractivity contribution in [1.29, 1.82) is 0 Å². The summed E-state index contributed by atoms with van der Waals surface area (Å²) in [5.41, 5.74) is -2.10. The molecule has 0 amide bonds. The van der Waals surface area contributed by atoms with Crippen LogP contribution in [-0.4, -0.2) is 33.9 Å². The Hall–Kier alpha value is -0.650. The highest BCUT2D eigenvalue weighted by molar-refractivity contribution is 5.83. The molecular weight excluding hydrogens is 256 g/mol. The van der Waals surface area contributed by atoms with Crippen molar-refractivity contribution < 1.29 is 9.53 Å². The highest BCUT2D eigenvalue weighted by atomic mass is 16.6. The Morgan fingerprint density at radius 1 is 1.20 bits per heavy atom. The molecule has 2 aliphatic rings. The molecule has 2 fully saturated rings. The first-order valence-corrected chi connectivity index (χ1v) is 7.27. The van der Waals surface area contributed by atoms with E-state index in [0.717, 1.165) is 5.06 Å². The zero-order chi connectivity index (χ0) is 15.6. The highest BCUT2D eigenvalue weighted by Gasteiger charge is 2.59. The van der Waals surface area contributed by atoms with Gasteiger partial charge in [-0.2, -0.15) is 0 Å². The molecule has 2 aliphatic heterocycles. The first kappa shape index (κ1) is 15.7. The molecule has 0 aromatic carbocycles. The van der Waals surface area contributed by atoms with Crippen LogP contribution in [0.2, 0.25) is 0 Å². The lowest BCUT2D eigenvalue weighted by Gasteiger charge is -2.61. The molecule has 0 bridgehead atoms. The van der Waals surface area contributed by atoms with E-state index < -0.39 is 16.6 Å². The van der Waals surface area contributed by atoms with Crippen LogP contribution < -0.4 is 5.32 Å². The lowest BCUT2D eigenvalue weighted by atomic mass is 9.70. The molecule has 0 aromatic rings. The molecule has 5 heteroatoms. The van der Waals surface area contributed by atoms with Crippen molar-refractivity contribution in [1.82, 2.24) is 10.4 Å². The van der Waals surface area contributed by atoms with Gasteiger partial charge in [0, 0.05) is 16.5 Å². The summed E-state index contributed by atoms with van der Waals surface area (Å²) in [4.78, 5) is 12.5. The standard InChI is InChI=1S/C15H27N2O3/c1-12(2,3)10-16-15(11(18)20-10)8-13(4,5)17(19)14(6,7)9-15/h10,16H,8-9H2,1-7H3/q-1. The molecular formula is C15H27N2O3-. The molecule has 5 nitrogen and oxygen atoms in total. The smallest absolute Gasteiger partial charge is 0.328 e. The highest BCUT2D eigenvalue weighted by Crippen LogP contribution is 2.46. The van der Waals surface area contributed by atoms with Crippen molar-refractivity contribution in [3.05, 3.63) is 5.21 Å². The van der Waals surface area contributed by atoms with Crippen LogP contribution in [0.5, 0.6) is 0 Å². The molecule has 2 rings (SSSR count). The third-order valence-corrected chi connectivity index (χ3v) is 4.38. The average Bonchev–Trinajstić information content (AvgIpc) is 2.51. The minimum Gasteiger partial charge on any atom is -0.784 e. The van der Waals surface area contributed by atoms with E-state index in [9.17, 15) is 10.0 Å². The molecule has 0 radical (unpaired) electrons. The Kier molecular flexibility index (Phi) is 3.29. The fraction of sp³-hybridized carbons (Fsp3) is 0.933. The summed E-state index contributed by atoms with van der Waals surface area (Å²) in [5, 5.41) is 17.0. The summed E-state index contributed by atoms with van der Waals surface area (Å²) in [6.07, 6.45) is 0.635. The van der Waals surface area contributed by atoms with Crippen molar-refractivity contribution in [2.45, 2.75) is 84.2 Å². The number of carbonyl (C=O) groups excluding carboxylic acids is 1. The number of hydrogen-bond acceptors (Lipinski definition) is 5. The van der Waals surface area contributed by atoms with Crippen LogP contribution in [0.1, 0.15) is 61.3 Å². The maximum absolute atomic E-state index is 12.5. The zero-order valence-electron chi connectivity index (χ0n) is 13.7. The van der Waals surface area contributed by atoms with Gasteiger partial charge in [0.2, 0.25) is 0 Å².